The predicted molar refractivity (Wildman–Crippen MR) is 125 cm³/mol. The van der Waals surface area contributed by atoms with Gasteiger partial charge >= 0.3 is 5.97 Å². The smallest absolute Gasteiger partial charge is 0.337 e. The van der Waals surface area contributed by atoms with Crippen LogP contribution in [0.15, 0.2) is 54.7 Å². The van der Waals surface area contributed by atoms with Crippen molar-refractivity contribution in [3.8, 4) is 22.6 Å². The Hall–Kier alpha value is -3.74. The first-order valence-electron chi connectivity index (χ1n) is 10.7. The van der Waals surface area contributed by atoms with E-state index in [-0.39, 0.29) is 11.7 Å². The molecule has 0 aliphatic heterocycles. The summed E-state index contributed by atoms with van der Waals surface area (Å²) >= 11 is 0. The molecule has 0 aliphatic carbocycles. The van der Waals surface area contributed by atoms with Gasteiger partial charge in [0.25, 0.3) is 5.95 Å². The van der Waals surface area contributed by atoms with Gasteiger partial charge in [0.2, 0.25) is 0 Å². The summed E-state index contributed by atoms with van der Waals surface area (Å²) in [5.74, 6) is -2.44. The van der Waals surface area contributed by atoms with Crippen LogP contribution in [0.2, 0.25) is 0 Å². The third-order valence-corrected chi connectivity index (χ3v) is 5.20. The van der Waals surface area contributed by atoms with Crippen molar-refractivity contribution >= 4 is 16.9 Å². The van der Waals surface area contributed by atoms with Crippen molar-refractivity contribution in [1.29, 1.82) is 0 Å². The SMILES string of the molecule is CC.COC(=O)c1ccc(-c2c(C(C)C)n(-c3ccc(F)cc3)c3cnc(F)c(O)c23)cc1. The Morgan fingerprint density at radius 3 is 2.18 bits per heavy atom. The molecule has 2 heterocycles. The zero-order valence-electron chi connectivity index (χ0n) is 19.2. The minimum absolute atomic E-state index is 0.0461. The Bertz CT molecular complexity index is 1280. The van der Waals surface area contributed by atoms with Crippen LogP contribution in [0.1, 0.15) is 49.7 Å². The molecule has 0 amide bonds. The maximum Gasteiger partial charge on any atom is 0.337 e. The molecule has 0 atom stereocenters. The van der Waals surface area contributed by atoms with Crippen LogP contribution in [-0.4, -0.2) is 27.7 Å². The molecule has 1 N–H and O–H groups in total. The van der Waals surface area contributed by atoms with Gasteiger partial charge in [-0.05, 0) is 47.9 Å². The molecule has 0 saturated heterocycles. The van der Waals surface area contributed by atoms with Crippen LogP contribution in [0.5, 0.6) is 5.75 Å². The third-order valence-electron chi connectivity index (χ3n) is 5.20. The number of nitrogens with zero attached hydrogens (tertiary/aromatic N) is 2. The summed E-state index contributed by atoms with van der Waals surface area (Å²) in [4.78, 5) is 15.5. The monoisotopic (exact) mass is 452 g/mol. The van der Waals surface area contributed by atoms with Crippen molar-refractivity contribution in [2.24, 2.45) is 0 Å². The Balaban J connectivity index is 0.00000149. The van der Waals surface area contributed by atoms with Crippen molar-refractivity contribution in [1.82, 2.24) is 9.55 Å². The van der Waals surface area contributed by atoms with E-state index in [9.17, 15) is 18.7 Å². The number of aromatic hydroxyl groups is 1. The molecule has 2 aromatic carbocycles. The van der Waals surface area contributed by atoms with E-state index in [0.29, 0.717) is 33.3 Å². The molecule has 0 unspecified atom stereocenters. The molecule has 7 heteroatoms. The molecule has 0 bridgehead atoms. The van der Waals surface area contributed by atoms with Gasteiger partial charge in [0.1, 0.15) is 5.82 Å². The van der Waals surface area contributed by atoms with Crippen molar-refractivity contribution in [3.63, 3.8) is 0 Å². The Labute approximate surface area is 191 Å². The third kappa shape index (κ3) is 4.31. The average molecular weight is 453 g/mol. The highest BCUT2D eigenvalue weighted by molar-refractivity contribution is 6.03. The minimum Gasteiger partial charge on any atom is -0.503 e. The van der Waals surface area contributed by atoms with Gasteiger partial charge in [-0.2, -0.15) is 4.39 Å². The van der Waals surface area contributed by atoms with Crippen LogP contribution >= 0.6 is 0 Å². The molecule has 4 rings (SSSR count). The highest BCUT2D eigenvalue weighted by Crippen LogP contribution is 2.44. The minimum atomic E-state index is -0.980. The summed E-state index contributed by atoms with van der Waals surface area (Å²) in [6.45, 7) is 7.95. The lowest BCUT2D eigenvalue weighted by atomic mass is 9.96. The number of ether oxygens (including phenoxy) is 1. The van der Waals surface area contributed by atoms with Crippen molar-refractivity contribution < 1.29 is 23.4 Å². The number of carbonyl (C=O) groups is 1. The molecule has 4 aromatic rings. The van der Waals surface area contributed by atoms with E-state index in [1.165, 1.54) is 25.4 Å². The van der Waals surface area contributed by atoms with E-state index >= 15 is 0 Å². The molecule has 0 saturated carbocycles. The first kappa shape index (κ1) is 23.9. The lowest BCUT2D eigenvalue weighted by molar-refractivity contribution is 0.0600. The zero-order chi connectivity index (χ0) is 24.3. The van der Waals surface area contributed by atoms with E-state index in [1.54, 1.807) is 36.4 Å². The number of benzene rings is 2. The number of halogens is 2. The summed E-state index contributed by atoms with van der Waals surface area (Å²) in [6, 6.07) is 12.6. The molecular weight excluding hydrogens is 426 g/mol. The normalized spacial score (nSPS) is 10.8. The lowest BCUT2D eigenvalue weighted by Gasteiger charge is -2.16. The van der Waals surface area contributed by atoms with Gasteiger partial charge < -0.3 is 14.4 Å². The number of carbonyl (C=O) groups excluding carboxylic acids is 1. The number of pyridine rings is 1. The van der Waals surface area contributed by atoms with Crippen molar-refractivity contribution in [3.05, 3.63) is 77.8 Å². The fraction of sp³-hybridized carbons (Fsp3) is 0.231. The second-order valence-corrected chi connectivity index (χ2v) is 7.45. The Kier molecular flexibility index (Phi) is 7.11. The number of esters is 1. The van der Waals surface area contributed by atoms with Gasteiger partial charge in [0.05, 0.1) is 29.8 Å². The van der Waals surface area contributed by atoms with Crippen LogP contribution in [0, 0.1) is 11.8 Å². The van der Waals surface area contributed by atoms with Gasteiger partial charge in [-0.25, -0.2) is 14.2 Å². The Morgan fingerprint density at radius 2 is 1.64 bits per heavy atom. The molecule has 0 radical (unpaired) electrons. The van der Waals surface area contributed by atoms with Crippen molar-refractivity contribution in [2.45, 2.75) is 33.6 Å². The van der Waals surface area contributed by atoms with Gasteiger partial charge in [0, 0.05) is 16.9 Å². The van der Waals surface area contributed by atoms with E-state index in [0.717, 1.165) is 5.69 Å². The van der Waals surface area contributed by atoms with Crippen LogP contribution in [0.4, 0.5) is 8.78 Å². The fourth-order valence-electron chi connectivity index (χ4n) is 3.85. The van der Waals surface area contributed by atoms with Gasteiger partial charge in [-0.15, -0.1) is 0 Å². The number of hydrogen-bond acceptors (Lipinski definition) is 4. The van der Waals surface area contributed by atoms with E-state index in [4.69, 9.17) is 4.74 Å². The highest BCUT2D eigenvalue weighted by atomic mass is 19.1. The van der Waals surface area contributed by atoms with Gasteiger partial charge in [0.15, 0.2) is 5.75 Å². The van der Waals surface area contributed by atoms with Crippen molar-refractivity contribution in [2.75, 3.05) is 7.11 Å². The van der Waals surface area contributed by atoms with Crippen LogP contribution in [-0.2, 0) is 4.74 Å². The quantitative estimate of drug-likeness (QED) is 0.279. The molecule has 0 spiro atoms. The Morgan fingerprint density at radius 1 is 1.03 bits per heavy atom. The molecule has 0 fully saturated rings. The lowest BCUT2D eigenvalue weighted by Crippen LogP contribution is -2.04. The summed E-state index contributed by atoms with van der Waals surface area (Å²) in [6.07, 6.45) is 1.35. The van der Waals surface area contributed by atoms with Gasteiger partial charge in [-0.3, -0.25) is 0 Å². The second-order valence-electron chi connectivity index (χ2n) is 7.45. The predicted octanol–water partition coefficient (Wildman–Crippen LogP) is 6.61. The molecule has 172 valence electrons. The van der Waals surface area contributed by atoms with Crippen LogP contribution in [0.25, 0.3) is 27.7 Å². The summed E-state index contributed by atoms with van der Waals surface area (Å²) in [5, 5.41) is 10.9. The van der Waals surface area contributed by atoms with Gasteiger partial charge in [-0.1, -0.05) is 39.8 Å². The number of methoxy groups -OCH3 is 1. The highest BCUT2D eigenvalue weighted by Gasteiger charge is 2.26. The molecule has 5 nitrogen and oxygen atoms in total. The van der Waals surface area contributed by atoms with E-state index in [1.807, 2.05) is 32.3 Å². The average Bonchev–Trinajstić information content (AvgIpc) is 3.19. The topological polar surface area (TPSA) is 64.4 Å². The molecule has 33 heavy (non-hydrogen) atoms. The van der Waals surface area contributed by atoms with Crippen LogP contribution < -0.4 is 0 Å². The zero-order valence-corrected chi connectivity index (χ0v) is 19.2. The number of aromatic nitrogens is 2. The fourth-order valence-corrected chi connectivity index (χ4v) is 3.85. The van der Waals surface area contributed by atoms with Crippen LogP contribution in [0.3, 0.4) is 0 Å². The summed E-state index contributed by atoms with van der Waals surface area (Å²) < 4.78 is 34.4. The molecule has 2 aromatic heterocycles. The summed E-state index contributed by atoms with van der Waals surface area (Å²) in [5.41, 5.74) is 3.60. The van der Waals surface area contributed by atoms with E-state index in [2.05, 4.69) is 4.98 Å². The first-order valence-corrected chi connectivity index (χ1v) is 10.7. The van der Waals surface area contributed by atoms with E-state index < -0.39 is 17.7 Å². The number of fused-ring (bicyclic) bond motifs is 1. The maximum atomic E-state index is 14.3. The molecular formula is C26H26F2N2O3. The number of rotatable bonds is 4. The summed E-state index contributed by atoms with van der Waals surface area (Å²) in [7, 11) is 1.30. The molecule has 0 aliphatic rings. The second kappa shape index (κ2) is 9.81. The first-order chi connectivity index (χ1) is 15.8. The maximum absolute atomic E-state index is 14.3. The largest absolute Gasteiger partial charge is 0.503 e. The standard InChI is InChI=1S/C24H20F2N2O3.C2H6/c1-13(2)21-19(14-4-6-15(7-5-14)24(30)31-3)20-18(12-27-23(26)22(20)29)28(21)17-10-8-16(25)9-11-17;1-2/h4-13,29H,1-3H3;1-2H3. The number of hydrogen-bond donors (Lipinski definition) is 1.